The molecule has 1 atom stereocenters. The zero-order chi connectivity index (χ0) is 20.9. The Morgan fingerprint density at radius 1 is 1.10 bits per heavy atom. The molecule has 0 spiro atoms. The molecule has 2 amide bonds. The van der Waals surface area contributed by atoms with Crippen LogP contribution in [0.2, 0.25) is 0 Å². The molecule has 0 saturated carbocycles. The van der Waals surface area contributed by atoms with Crippen molar-refractivity contribution in [2.24, 2.45) is 5.84 Å². The molecule has 1 aromatic carbocycles. The Labute approximate surface area is 180 Å². The fourth-order valence-corrected chi connectivity index (χ4v) is 5.26. The van der Waals surface area contributed by atoms with Gasteiger partial charge in [0, 0.05) is 43.8 Å². The van der Waals surface area contributed by atoms with Gasteiger partial charge in [-0.15, -0.1) is 11.3 Å². The summed E-state index contributed by atoms with van der Waals surface area (Å²) in [5.74, 6) is 4.69. The van der Waals surface area contributed by atoms with Gasteiger partial charge in [-0.3, -0.25) is 15.0 Å². The second kappa shape index (κ2) is 9.68. The van der Waals surface area contributed by atoms with Crippen molar-refractivity contribution in [2.45, 2.75) is 43.4 Å². The first-order chi connectivity index (χ1) is 14.7. The molecule has 160 valence electrons. The van der Waals surface area contributed by atoms with E-state index in [1.165, 1.54) is 5.56 Å². The van der Waals surface area contributed by atoms with E-state index >= 15 is 0 Å². The summed E-state index contributed by atoms with van der Waals surface area (Å²) in [7, 11) is 0. The first kappa shape index (κ1) is 21.0. The molecule has 2 saturated heterocycles. The molecule has 0 radical (unpaired) electrons. The predicted molar refractivity (Wildman–Crippen MR) is 115 cm³/mol. The molecule has 3 N–H and O–H groups in total. The molecule has 2 aromatic rings. The summed E-state index contributed by atoms with van der Waals surface area (Å²) in [4.78, 5) is 32.0. The Balaban J connectivity index is 1.46. The van der Waals surface area contributed by atoms with Gasteiger partial charge in [-0.05, 0) is 42.7 Å². The monoisotopic (exact) mass is 428 g/mol. The molecule has 8 heteroatoms. The summed E-state index contributed by atoms with van der Waals surface area (Å²) < 4.78 is 5.44. The Morgan fingerprint density at radius 3 is 2.40 bits per heavy atom. The number of amides is 2. The number of piperidine rings is 1. The number of likely N-dealkylation sites (tertiary alicyclic amines) is 1. The molecular formula is C22H28N4O3S. The van der Waals surface area contributed by atoms with E-state index in [1.807, 2.05) is 35.8 Å². The lowest BCUT2D eigenvalue weighted by Crippen LogP contribution is -2.46. The van der Waals surface area contributed by atoms with Crippen LogP contribution in [-0.4, -0.2) is 48.0 Å². The van der Waals surface area contributed by atoms with E-state index < -0.39 is 11.8 Å². The van der Waals surface area contributed by atoms with Crippen molar-refractivity contribution in [3.05, 3.63) is 52.0 Å². The van der Waals surface area contributed by atoms with Gasteiger partial charge in [-0.25, -0.2) is 10.8 Å². The zero-order valence-electron chi connectivity index (χ0n) is 17.0. The number of nitrogens with one attached hydrogen (secondary N) is 1. The summed E-state index contributed by atoms with van der Waals surface area (Å²) in [6.07, 6.45) is 5.54. The zero-order valence-corrected chi connectivity index (χ0v) is 17.8. The van der Waals surface area contributed by atoms with E-state index in [4.69, 9.17) is 10.6 Å². The molecular weight excluding hydrogens is 400 g/mol. The maximum Gasteiger partial charge on any atom is 0.250 e. The van der Waals surface area contributed by atoms with Crippen molar-refractivity contribution in [3.8, 4) is 0 Å². The average molecular weight is 429 g/mol. The molecule has 1 aromatic heterocycles. The highest BCUT2D eigenvalue weighted by Gasteiger charge is 2.34. The predicted octanol–water partition coefficient (Wildman–Crippen LogP) is 2.52. The highest BCUT2D eigenvalue weighted by atomic mass is 32.1. The van der Waals surface area contributed by atoms with Gasteiger partial charge in [-0.1, -0.05) is 24.3 Å². The number of hydrogen-bond donors (Lipinski definition) is 2. The van der Waals surface area contributed by atoms with E-state index in [2.05, 4.69) is 10.4 Å². The number of hydrazine groups is 1. The van der Waals surface area contributed by atoms with Gasteiger partial charge in [0.25, 0.3) is 5.91 Å². The number of carbonyl (C=O) groups is 2. The summed E-state index contributed by atoms with van der Waals surface area (Å²) in [6, 6.07) is 7.85. The molecule has 2 fully saturated rings. The Kier molecular flexibility index (Phi) is 6.76. The number of nitrogens with two attached hydrogens (primary N) is 1. The quantitative estimate of drug-likeness (QED) is 0.330. The van der Waals surface area contributed by atoms with Gasteiger partial charge in [-0.2, -0.15) is 0 Å². The number of ether oxygens (including phenoxy) is 1. The Morgan fingerprint density at radius 2 is 1.80 bits per heavy atom. The van der Waals surface area contributed by atoms with E-state index in [0.717, 1.165) is 43.9 Å². The molecule has 2 aliphatic rings. The largest absolute Gasteiger partial charge is 0.381 e. The third kappa shape index (κ3) is 4.55. The highest BCUT2D eigenvalue weighted by molar-refractivity contribution is 7.09. The lowest BCUT2D eigenvalue weighted by atomic mass is 9.88. The van der Waals surface area contributed by atoms with E-state index in [1.54, 1.807) is 16.2 Å². The molecule has 4 rings (SSSR count). The number of benzene rings is 1. The normalized spacial score (nSPS) is 19.4. The van der Waals surface area contributed by atoms with E-state index in [0.29, 0.717) is 30.5 Å². The van der Waals surface area contributed by atoms with Crippen molar-refractivity contribution in [1.82, 2.24) is 15.3 Å². The van der Waals surface area contributed by atoms with Crippen molar-refractivity contribution >= 4 is 23.2 Å². The fourth-order valence-electron chi connectivity index (χ4n) is 4.45. The lowest BCUT2D eigenvalue weighted by molar-refractivity contribution is -0.139. The van der Waals surface area contributed by atoms with Crippen LogP contribution < -0.4 is 11.3 Å². The Bertz CT molecular complexity index is 842. The van der Waals surface area contributed by atoms with Crippen LogP contribution in [0.3, 0.4) is 0 Å². The number of thiazole rings is 1. The summed E-state index contributed by atoms with van der Waals surface area (Å²) in [6.45, 7) is 2.80. The Hall–Kier alpha value is -2.29. The maximum atomic E-state index is 13.3. The maximum absolute atomic E-state index is 13.3. The topological polar surface area (TPSA) is 97.5 Å². The number of aromatic nitrogens is 1. The second-order valence-electron chi connectivity index (χ2n) is 7.96. The minimum absolute atomic E-state index is 0.186. The summed E-state index contributed by atoms with van der Waals surface area (Å²) >= 11 is 1.66. The van der Waals surface area contributed by atoms with Gasteiger partial charge < -0.3 is 9.64 Å². The minimum atomic E-state index is -0.921. The summed E-state index contributed by atoms with van der Waals surface area (Å²) in [5, 5.41) is 3.11. The van der Waals surface area contributed by atoms with Crippen LogP contribution in [-0.2, 0) is 14.3 Å². The van der Waals surface area contributed by atoms with Gasteiger partial charge in [0.2, 0.25) is 5.91 Å². The van der Waals surface area contributed by atoms with Gasteiger partial charge >= 0.3 is 0 Å². The molecule has 2 aliphatic heterocycles. The molecule has 3 heterocycles. The third-order valence-electron chi connectivity index (χ3n) is 6.22. The standard InChI is InChI=1S/C22H28N4O3S/c23-25-20(27)19(17-3-1-15(2-4-17)16-7-12-29-13-8-16)22(28)26-10-5-18(6-11-26)21-24-9-14-30-21/h1-4,9,14,16,18-19H,5-8,10-13,23H2,(H,25,27). The van der Waals surface area contributed by atoms with Crippen LogP contribution in [0.1, 0.15) is 59.6 Å². The van der Waals surface area contributed by atoms with Crippen LogP contribution in [0, 0.1) is 0 Å². The van der Waals surface area contributed by atoms with Crippen molar-refractivity contribution in [2.75, 3.05) is 26.3 Å². The van der Waals surface area contributed by atoms with Gasteiger partial charge in [0.05, 0.1) is 5.01 Å². The van der Waals surface area contributed by atoms with Crippen LogP contribution in [0.4, 0.5) is 0 Å². The molecule has 1 unspecified atom stereocenters. The first-order valence-electron chi connectivity index (χ1n) is 10.5. The van der Waals surface area contributed by atoms with Gasteiger partial charge in [0.15, 0.2) is 0 Å². The van der Waals surface area contributed by atoms with Crippen LogP contribution in [0.15, 0.2) is 35.8 Å². The molecule has 30 heavy (non-hydrogen) atoms. The first-order valence-corrected chi connectivity index (χ1v) is 11.4. The van der Waals surface area contributed by atoms with Crippen LogP contribution in [0.5, 0.6) is 0 Å². The number of hydrogen-bond acceptors (Lipinski definition) is 6. The average Bonchev–Trinajstić information content (AvgIpc) is 3.35. The SMILES string of the molecule is NNC(=O)C(C(=O)N1CCC(c2nccs2)CC1)c1ccc(C2CCOCC2)cc1. The van der Waals surface area contributed by atoms with Crippen molar-refractivity contribution in [1.29, 1.82) is 0 Å². The van der Waals surface area contributed by atoms with E-state index in [9.17, 15) is 9.59 Å². The summed E-state index contributed by atoms with van der Waals surface area (Å²) in [5.41, 5.74) is 4.09. The lowest BCUT2D eigenvalue weighted by Gasteiger charge is -2.33. The molecule has 0 aliphatic carbocycles. The van der Waals surface area contributed by atoms with E-state index in [-0.39, 0.29) is 5.91 Å². The third-order valence-corrected chi connectivity index (χ3v) is 7.16. The number of rotatable bonds is 5. The van der Waals surface area contributed by atoms with Crippen molar-refractivity contribution < 1.29 is 14.3 Å². The number of carbonyl (C=O) groups excluding carboxylic acids is 2. The van der Waals surface area contributed by atoms with Gasteiger partial charge in [0.1, 0.15) is 5.92 Å². The van der Waals surface area contributed by atoms with Crippen LogP contribution in [0.25, 0.3) is 0 Å². The van der Waals surface area contributed by atoms with Crippen LogP contribution >= 0.6 is 11.3 Å². The van der Waals surface area contributed by atoms with Crippen molar-refractivity contribution in [3.63, 3.8) is 0 Å². The number of nitrogens with zero attached hydrogens (tertiary/aromatic N) is 2. The molecule has 7 nitrogen and oxygen atoms in total. The minimum Gasteiger partial charge on any atom is -0.381 e. The fraction of sp³-hybridized carbons (Fsp3) is 0.500. The highest BCUT2D eigenvalue weighted by Crippen LogP contribution is 2.32. The second-order valence-corrected chi connectivity index (χ2v) is 8.89. The molecule has 0 bridgehead atoms. The smallest absolute Gasteiger partial charge is 0.250 e.